The van der Waals surface area contributed by atoms with Crippen LogP contribution < -0.4 is 0 Å². The minimum Gasteiger partial charge on any atom is -0.507 e. The topological polar surface area (TPSA) is 52.8 Å². The van der Waals surface area contributed by atoms with Gasteiger partial charge in [0, 0.05) is 11.8 Å². The van der Waals surface area contributed by atoms with Gasteiger partial charge in [-0.3, -0.25) is 4.99 Å². The zero-order chi connectivity index (χ0) is 12.1. The summed E-state index contributed by atoms with van der Waals surface area (Å²) in [6.45, 7) is 0.0312. The lowest BCUT2D eigenvalue weighted by atomic mass is 10.2. The minimum absolute atomic E-state index is 0.0312. The lowest BCUT2D eigenvalue weighted by Crippen LogP contribution is -1.82. The first-order valence-corrected chi connectivity index (χ1v) is 5.31. The molecule has 0 aliphatic carbocycles. The molecule has 0 amide bonds. The number of phenolic OH excluding ortho intramolecular Hbond substituents is 1. The highest BCUT2D eigenvalue weighted by molar-refractivity contribution is 5.85. The molecular formula is C14H13NO2. The molecule has 2 aromatic carbocycles. The van der Waals surface area contributed by atoms with E-state index in [9.17, 15) is 5.11 Å². The maximum Gasteiger partial charge on any atom is 0.124 e. The average molecular weight is 227 g/mol. The van der Waals surface area contributed by atoms with E-state index >= 15 is 0 Å². The standard InChI is InChI=1S/C14H13NO2/c16-10-11-5-7-13(8-6-11)15-9-12-3-1-2-4-14(12)17/h1-9,16-17H,10H2. The van der Waals surface area contributed by atoms with Gasteiger partial charge in [0.15, 0.2) is 0 Å². The Balaban J connectivity index is 2.17. The Morgan fingerprint density at radius 2 is 1.71 bits per heavy atom. The number of nitrogens with zero attached hydrogens (tertiary/aromatic N) is 1. The molecule has 0 atom stereocenters. The van der Waals surface area contributed by atoms with E-state index in [2.05, 4.69) is 4.99 Å². The van der Waals surface area contributed by atoms with Crippen molar-refractivity contribution in [3.63, 3.8) is 0 Å². The predicted octanol–water partition coefficient (Wildman–Crippen LogP) is 2.64. The molecule has 2 rings (SSSR count). The van der Waals surface area contributed by atoms with E-state index in [1.807, 2.05) is 30.3 Å². The summed E-state index contributed by atoms with van der Waals surface area (Å²) < 4.78 is 0. The highest BCUT2D eigenvalue weighted by atomic mass is 16.3. The number of phenols is 1. The van der Waals surface area contributed by atoms with Gasteiger partial charge in [-0.1, -0.05) is 24.3 Å². The van der Waals surface area contributed by atoms with Crippen molar-refractivity contribution in [1.82, 2.24) is 0 Å². The summed E-state index contributed by atoms with van der Waals surface area (Å²) >= 11 is 0. The number of aliphatic imine (C=N–C) groups is 1. The Morgan fingerprint density at radius 1 is 1.00 bits per heavy atom. The van der Waals surface area contributed by atoms with Crippen molar-refractivity contribution in [2.24, 2.45) is 4.99 Å². The molecule has 0 radical (unpaired) electrons. The van der Waals surface area contributed by atoms with E-state index in [4.69, 9.17) is 5.11 Å². The van der Waals surface area contributed by atoms with Crippen LogP contribution in [0.1, 0.15) is 11.1 Å². The molecule has 0 saturated carbocycles. The quantitative estimate of drug-likeness (QED) is 0.792. The molecule has 0 fully saturated rings. The van der Waals surface area contributed by atoms with Gasteiger partial charge in [-0.15, -0.1) is 0 Å². The molecule has 86 valence electrons. The van der Waals surface area contributed by atoms with Crippen molar-refractivity contribution in [3.05, 3.63) is 59.7 Å². The van der Waals surface area contributed by atoms with Crippen molar-refractivity contribution in [3.8, 4) is 5.75 Å². The molecule has 0 saturated heterocycles. The molecule has 17 heavy (non-hydrogen) atoms. The predicted molar refractivity (Wildman–Crippen MR) is 67.7 cm³/mol. The van der Waals surface area contributed by atoms with Gasteiger partial charge in [0.1, 0.15) is 5.75 Å². The average Bonchev–Trinajstić information content (AvgIpc) is 2.38. The van der Waals surface area contributed by atoms with Crippen LogP contribution in [0.25, 0.3) is 0 Å². The number of para-hydroxylation sites is 1. The second-order valence-electron chi connectivity index (χ2n) is 3.64. The van der Waals surface area contributed by atoms with Crippen molar-refractivity contribution in [1.29, 1.82) is 0 Å². The van der Waals surface area contributed by atoms with Gasteiger partial charge < -0.3 is 10.2 Å². The molecule has 0 unspecified atom stereocenters. The SMILES string of the molecule is OCc1ccc(N=Cc2ccccc2O)cc1. The third-order valence-corrected chi connectivity index (χ3v) is 2.41. The van der Waals surface area contributed by atoms with E-state index in [0.29, 0.717) is 5.56 Å². The van der Waals surface area contributed by atoms with E-state index in [1.165, 1.54) is 0 Å². The fourth-order valence-electron chi connectivity index (χ4n) is 1.43. The maximum absolute atomic E-state index is 9.55. The third-order valence-electron chi connectivity index (χ3n) is 2.41. The van der Waals surface area contributed by atoms with Crippen LogP contribution in [-0.4, -0.2) is 16.4 Å². The summed E-state index contributed by atoms with van der Waals surface area (Å²) in [5, 5.41) is 18.4. The number of aliphatic hydroxyl groups excluding tert-OH is 1. The van der Waals surface area contributed by atoms with Gasteiger partial charge in [-0.25, -0.2) is 0 Å². The summed E-state index contributed by atoms with van der Waals surface area (Å²) in [6, 6.07) is 14.3. The third kappa shape index (κ3) is 2.92. The van der Waals surface area contributed by atoms with Crippen LogP contribution in [0.4, 0.5) is 5.69 Å². The van der Waals surface area contributed by atoms with Gasteiger partial charge in [0.2, 0.25) is 0 Å². The Morgan fingerprint density at radius 3 is 2.35 bits per heavy atom. The largest absolute Gasteiger partial charge is 0.507 e. The van der Waals surface area contributed by atoms with Crippen LogP contribution in [0.5, 0.6) is 5.75 Å². The summed E-state index contributed by atoms with van der Waals surface area (Å²) in [7, 11) is 0. The fraction of sp³-hybridized carbons (Fsp3) is 0.0714. The maximum atomic E-state index is 9.55. The second-order valence-corrected chi connectivity index (χ2v) is 3.64. The lowest BCUT2D eigenvalue weighted by molar-refractivity contribution is 0.282. The molecular weight excluding hydrogens is 214 g/mol. The molecule has 3 nitrogen and oxygen atoms in total. The van der Waals surface area contributed by atoms with Gasteiger partial charge in [0.05, 0.1) is 12.3 Å². The Labute approximate surface area is 99.7 Å². The van der Waals surface area contributed by atoms with Crippen molar-refractivity contribution in [2.45, 2.75) is 6.61 Å². The van der Waals surface area contributed by atoms with Crippen LogP contribution in [-0.2, 0) is 6.61 Å². The molecule has 2 aromatic rings. The normalized spacial score (nSPS) is 10.9. The molecule has 0 spiro atoms. The van der Waals surface area contributed by atoms with Crippen LogP contribution in [0.2, 0.25) is 0 Å². The van der Waals surface area contributed by atoms with Crippen molar-refractivity contribution >= 4 is 11.9 Å². The number of aliphatic hydroxyl groups is 1. The number of hydrogen-bond acceptors (Lipinski definition) is 3. The zero-order valence-electron chi connectivity index (χ0n) is 9.24. The second kappa shape index (κ2) is 5.27. The molecule has 0 aliphatic heterocycles. The first kappa shape index (κ1) is 11.4. The Hall–Kier alpha value is -2.13. The van der Waals surface area contributed by atoms with E-state index in [0.717, 1.165) is 11.3 Å². The van der Waals surface area contributed by atoms with Gasteiger partial charge in [-0.2, -0.15) is 0 Å². The number of aromatic hydroxyl groups is 1. The first-order valence-electron chi connectivity index (χ1n) is 5.31. The monoisotopic (exact) mass is 227 g/mol. The molecule has 0 aromatic heterocycles. The summed E-state index contributed by atoms with van der Waals surface area (Å²) in [5.41, 5.74) is 2.32. The van der Waals surface area contributed by atoms with Gasteiger partial charge in [-0.05, 0) is 29.8 Å². The first-order chi connectivity index (χ1) is 8.29. The molecule has 0 heterocycles. The summed E-state index contributed by atoms with van der Waals surface area (Å²) in [4.78, 5) is 4.25. The summed E-state index contributed by atoms with van der Waals surface area (Å²) in [6.07, 6.45) is 1.61. The molecule has 3 heteroatoms. The highest BCUT2D eigenvalue weighted by Crippen LogP contribution is 2.16. The van der Waals surface area contributed by atoms with Crippen LogP contribution >= 0.6 is 0 Å². The Bertz CT molecular complexity index is 518. The van der Waals surface area contributed by atoms with Crippen LogP contribution in [0, 0.1) is 0 Å². The van der Waals surface area contributed by atoms with E-state index in [-0.39, 0.29) is 12.4 Å². The smallest absolute Gasteiger partial charge is 0.124 e. The summed E-state index contributed by atoms with van der Waals surface area (Å²) in [5.74, 6) is 0.211. The zero-order valence-corrected chi connectivity index (χ0v) is 9.24. The van der Waals surface area contributed by atoms with Crippen LogP contribution in [0.3, 0.4) is 0 Å². The van der Waals surface area contributed by atoms with Crippen LogP contribution in [0.15, 0.2) is 53.5 Å². The van der Waals surface area contributed by atoms with E-state index < -0.39 is 0 Å². The lowest BCUT2D eigenvalue weighted by Gasteiger charge is -1.98. The molecule has 0 aliphatic rings. The van der Waals surface area contributed by atoms with E-state index in [1.54, 1.807) is 24.4 Å². The Kier molecular flexibility index (Phi) is 3.52. The van der Waals surface area contributed by atoms with Gasteiger partial charge >= 0.3 is 0 Å². The molecule has 2 N–H and O–H groups in total. The minimum atomic E-state index is 0.0312. The number of rotatable bonds is 3. The number of hydrogen-bond donors (Lipinski definition) is 2. The van der Waals surface area contributed by atoms with Crippen molar-refractivity contribution in [2.75, 3.05) is 0 Å². The van der Waals surface area contributed by atoms with Gasteiger partial charge in [0.25, 0.3) is 0 Å². The highest BCUT2D eigenvalue weighted by Gasteiger charge is 1.95. The molecule has 0 bridgehead atoms. The number of benzene rings is 2. The van der Waals surface area contributed by atoms with Crippen molar-refractivity contribution < 1.29 is 10.2 Å². The fourth-order valence-corrected chi connectivity index (χ4v) is 1.43.